The molecule has 1 aliphatic heterocycles. The summed E-state index contributed by atoms with van der Waals surface area (Å²) < 4.78 is 18.5. The smallest absolute Gasteiger partial charge is 0.258 e. The van der Waals surface area contributed by atoms with Crippen LogP contribution in [0.25, 0.3) is 0 Å². The molecule has 6 heteroatoms. The molecule has 1 aromatic rings. The van der Waals surface area contributed by atoms with Crippen molar-refractivity contribution in [2.45, 2.75) is 37.8 Å². The van der Waals surface area contributed by atoms with Crippen molar-refractivity contribution in [1.29, 1.82) is 0 Å². The molecule has 3 rings (SSSR count). The number of amides is 1. The molecule has 1 saturated heterocycles. The van der Waals surface area contributed by atoms with E-state index < -0.39 is 0 Å². The van der Waals surface area contributed by atoms with Crippen molar-refractivity contribution < 1.29 is 19.0 Å². The van der Waals surface area contributed by atoms with E-state index in [1.54, 1.807) is 12.1 Å². The van der Waals surface area contributed by atoms with Crippen LogP contribution in [0.2, 0.25) is 0 Å². The first-order valence-corrected chi connectivity index (χ1v) is 8.68. The van der Waals surface area contributed by atoms with Gasteiger partial charge >= 0.3 is 0 Å². The molecule has 1 amide bonds. The lowest BCUT2D eigenvalue weighted by Crippen LogP contribution is -2.53. The van der Waals surface area contributed by atoms with Gasteiger partial charge in [-0.15, -0.1) is 0 Å². The van der Waals surface area contributed by atoms with Crippen molar-refractivity contribution in [2.75, 3.05) is 19.7 Å². The van der Waals surface area contributed by atoms with Crippen LogP contribution in [0.4, 0.5) is 4.39 Å². The van der Waals surface area contributed by atoms with E-state index in [2.05, 4.69) is 10.6 Å². The number of aliphatic hydroxyl groups excluding tert-OH is 1. The molecule has 1 saturated carbocycles. The number of benzene rings is 1. The van der Waals surface area contributed by atoms with Gasteiger partial charge in [-0.2, -0.15) is 0 Å². The van der Waals surface area contributed by atoms with Crippen LogP contribution < -0.4 is 15.4 Å². The Balaban J connectivity index is 1.54. The number of rotatable bonds is 6. The minimum Gasteiger partial charge on any atom is -0.484 e. The van der Waals surface area contributed by atoms with Gasteiger partial charge in [0.15, 0.2) is 6.61 Å². The molecule has 1 aromatic carbocycles. The highest BCUT2D eigenvalue weighted by molar-refractivity contribution is 5.78. The van der Waals surface area contributed by atoms with E-state index in [1.807, 2.05) is 0 Å². The predicted octanol–water partition coefficient (Wildman–Crippen LogP) is 1.46. The number of nitrogens with one attached hydrogen (secondary N) is 2. The Kier molecular flexibility index (Phi) is 5.68. The maximum absolute atomic E-state index is 13.1. The maximum atomic E-state index is 13.1. The molecule has 0 radical (unpaired) electrons. The summed E-state index contributed by atoms with van der Waals surface area (Å²) in [5.41, 5.74) is 0. The predicted molar refractivity (Wildman–Crippen MR) is 88.2 cm³/mol. The van der Waals surface area contributed by atoms with Gasteiger partial charge in [0.2, 0.25) is 0 Å². The van der Waals surface area contributed by atoms with Gasteiger partial charge in [-0.05, 0) is 62.7 Å². The van der Waals surface area contributed by atoms with Crippen LogP contribution in [0, 0.1) is 17.7 Å². The summed E-state index contributed by atoms with van der Waals surface area (Å²) in [5.74, 6) is 0.541. The fourth-order valence-electron chi connectivity index (χ4n) is 3.68. The number of carbonyl (C=O) groups excluding carboxylic acids is 1. The minimum atomic E-state index is -0.385. The van der Waals surface area contributed by atoms with E-state index in [-0.39, 0.29) is 30.5 Å². The summed E-state index contributed by atoms with van der Waals surface area (Å²) in [4.78, 5) is 12.3. The second-order valence-corrected chi connectivity index (χ2v) is 6.81. The Bertz CT molecular complexity index is 557. The lowest BCUT2D eigenvalue weighted by Gasteiger charge is -2.43. The second kappa shape index (κ2) is 7.94. The fraction of sp³-hybridized carbons (Fsp3) is 0.611. The van der Waals surface area contributed by atoms with Crippen LogP contribution in [0.15, 0.2) is 24.3 Å². The van der Waals surface area contributed by atoms with Crippen LogP contribution in [0.1, 0.15) is 25.7 Å². The van der Waals surface area contributed by atoms with Crippen LogP contribution in [0.5, 0.6) is 5.75 Å². The van der Waals surface area contributed by atoms with Crippen LogP contribution in [-0.4, -0.2) is 42.9 Å². The summed E-state index contributed by atoms with van der Waals surface area (Å²) in [7, 11) is 0. The average molecular weight is 336 g/mol. The number of carbonyl (C=O) groups is 1. The Labute approximate surface area is 141 Å². The number of hydrogen-bond donors (Lipinski definition) is 3. The molecule has 0 bridgehead atoms. The molecule has 1 heterocycles. The van der Waals surface area contributed by atoms with Gasteiger partial charge in [-0.25, -0.2) is 4.39 Å². The van der Waals surface area contributed by atoms with Gasteiger partial charge in [0.25, 0.3) is 5.91 Å². The Morgan fingerprint density at radius 3 is 2.75 bits per heavy atom. The Morgan fingerprint density at radius 1 is 1.33 bits per heavy atom. The first-order valence-electron chi connectivity index (χ1n) is 8.68. The molecule has 24 heavy (non-hydrogen) atoms. The molecule has 1 aliphatic carbocycles. The number of piperidine rings is 1. The zero-order chi connectivity index (χ0) is 16.9. The standard InChI is InChI=1S/C18H25FN2O3/c19-14-2-1-3-16(10-14)24-11-17(23)21-18(13-8-15(22)9-13)12-4-6-20-7-5-12/h1-3,10,12-13,15,18,20,22H,4-9,11H2,(H,21,23)/t13?,15?,18-/m0/s1. The first kappa shape index (κ1) is 17.2. The maximum Gasteiger partial charge on any atom is 0.258 e. The summed E-state index contributed by atoms with van der Waals surface area (Å²) >= 11 is 0. The van der Waals surface area contributed by atoms with E-state index in [1.165, 1.54) is 12.1 Å². The third-order valence-corrected chi connectivity index (χ3v) is 5.04. The monoisotopic (exact) mass is 336 g/mol. The highest BCUT2D eigenvalue weighted by Gasteiger charge is 2.39. The second-order valence-electron chi connectivity index (χ2n) is 6.81. The van der Waals surface area contributed by atoms with Gasteiger partial charge < -0.3 is 20.5 Å². The SMILES string of the molecule is O=C(COc1cccc(F)c1)N[C@@H](C1CCNCC1)C1CC(O)C1. The summed E-state index contributed by atoms with van der Waals surface area (Å²) in [6, 6.07) is 5.86. The van der Waals surface area contributed by atoms with Crippen molar-refractivity contribution in [3.8, 4) is 5.75 Å². The topological polar surface area (TPSA) is 70.6 Å². The molecule has 3 N–H and O–H groups in total. The van der Waals surface area contributed by atoms with Crippen LogP contribution in [0.3, 0.4) is 0 Å². The Morgan fingerprint density at radius 2 is 2.08 bits per heavy atom. The summed E-state index contributed by atoms with van der Waals surface area (Å²) in [5, 5.41) is 16.0. The highest BCUT2D eigenvalue weighted by Crippen LogP contribution is 2.35. The first-order chi connectivity index (χ1) is 11.6. The van der Waals surface area contributed by atoms with Crippen LogP contribution >= 0.6 is 0 Å². The summed E-state index contributed by atoms with van der Waals surface area (Å²) in [6.07, 6.45) is 3.32. The minimum absolute atomic E-state index is 0.0825. The number of aliphatic hydroxyl groups is 1. The molecular weight excluding hydrogens is 311 g/mol. The lowest BCUT2D eigenvalue weighted by molar-refractivity contribution is -0.125. The van der Waals surface area contributed by atoms with Gasteiger partial charge in [-0.3, -0.25) is 4.79 Å². The van der Waals surface area contributed by atoms with Crippen LogP contribution in [-0.2, 0) is 4.79 Å². The molecule has 0 unspecified atom stereocenters. The molecule has 5 nitrogen and oxygen atoms in total. The van der Waals surface area contributed by atoms with E-state index in [9.17, 15) is 14.3 Å². The number of halogens is 1. The molecular formula is C18H25FN2O3. The van der Waals surface area contributed by atoms with E-state index in [0.717, 1.165) is 38.8 Å². The molecule has 0 aromatic heterocycles. The molecule has 132 valence electrons. The van der Waals surface area contributed by atoms with Gasteiger partial charge in [-0.1, -0.05) is 6.07 Å². The van der Waals surface area contributed by atoms with Gasteiger partial charge in [0, 0.05) is 12.1 Å². The van der Waals surface area contributed by atoms with Crippen molar-refractivity contribution in [3.63, 3.8) is 0 Å². The van der Waals surface area contributed by atoms with Crippen molar-refractivity contribution >= 4 is 5.91 Å². The third-order valence-electron chi connectivity index (χ3n) is 5.04. The number of hydrogen-bond acceptors (Lipinski definition) is 4. The van der Waals surface area contributed by atoms with E-state index in [4.69, 9.17) is 4.74 Å². The van der Waals surface area contributed by atoms with Gasteiger partial charge in [0.1, 0.15) is 11.6 Å². The van der Waals surface area contributed by atoms with Crippen molar-refractivity contribution in [3.05, 3.63) is 30.1 Å². The largest absolute Gasteiger partial charge is 0.484 e. The normalized spacial score (nSPS) is 25.6. The molecule has 0 spiro atoms. The quantitative estimate of drug-likeness (QED) is 0.736. The lowest BCUT2D eigenvalue weighted by atomic mass is 9.71. The third kappa shape index (κ3) is 4.45. The van der Waals surface area contributed by atoms with Gasteiger partial charge in [0.05, 0.1) is 6.10 Å². The van der Waals surface area contributed by atoms with E-state index >= 15 is 0 Å². The molecule has 2 aliphatic rings. The fourth-order valence-corrected chi connectivity index (χ4v) is 3.68. The zero-order valence-corrected chi connectivity index (χ0v) is 13.7. The van der Waals surface area contributed by atoms with Crippen molar-refractivity contribution in [2.24, 2.45) is 11.8 Å². The summed E-state index contributed by atoms with van der Waals surface area (Å²) in [6.45, 7) is 1.80. The molecule has 2 fully saturated rings. The van der Waals surface area contributed by atoms with E-state index in [0.29, 0.717) is 17.6 Å². The average Bonchev–Trinajstić information content (AvgIpc) is 2.56. The molecule has 1 atom stereocenters. The van der Waals surface area contributed by atoms with Crippen molar-refractivity contribution in [1.82, 2.24) is 10.6 Å². The zero-order valence-electron chi connectivity index (χ0n) is 13.7. The highest BCUT2D eigenvalue weighted by atomic mass is 19.1. The Hall–Kier alpha value is -1.66. The number of ether oxygens (including phenoxy) is 1.